The molecule has 1 aliphatic rings. The molecule has 26 heavy (non-hydrogen) atoms. The quantitative estimate of drug-likeness (QED) is 0.909. The van der Waals surface area contributed by atoms with Gasteiger partial charge in [-0.15, -0.1) is 0 Å². The lowest BCUT2D eigenvalue weighted by atomic mass is 9.94. The summed E-state index contributed by atoms with van der Waals surface area (Å²) in [6.07, 6.45) is -3.99. The van der Waals surface area contributed by atoms with Gasteiger partial charge in [0, 0.05) is 12.2 Å². The number of halogens is 3. The van der Waals surface area contributed by atoms with Gasteiger partial charge >= 0.3 is 6.18 Å². The molecule has 5 nitrogen and oxygen atoms in total. The average molecular weight is 364 g/mol. The van der Waals surface area contributed by atoms with Gasteiger partial charge in [-0.3, -0.25) is 9.69 Å². The number of amides is 1. The second kappa shape index (κ2) is 7.03. The zero-order valence-corrected chi connectivity index (χ0v) is 14.5. The number of rotatable bonds is 3. The maximum absolute atomic E-state index is 12.8. The van der Waals surface area contributed by atoms with Crippen molar-refractivity contribution in [1.82, 2.24) is 20.2 Å². The van der Waals surface area contributed by atoms with Crippen LogP contribution in [-0.4, -0.2) is 33.9 Å². The minimum absolute atomic E-state index is 0.0514. The predicted molar refractivity (Wildman–Crippen MR) is 89.0 cm³/mol. The van der Waals surface area contributed by atoms with Crippen LogP contribution in [0, 0.1) is 6.92 Å². The molecule has 1 aliphatic heterocycles. The maximum Gasteiger partial charge on any atom is 0.433 e. The minimum atomic E-state index is -4.54. The van der Waals surface area contributed by atoms with Crippen LogP contribution in [0.1, 0.15) is 28.3 Å². The summed E-state index contributed by atoms with van der Waals surface area (Å²) in [6, 6.07) is 8.41. The normalized spacial score (nSPS) is 17.7. The molecular weight excluding hydrogens is 345 g/mol. The van der Waals surface area contributed by atoms with E-state index in [1.165, 1.54) is 12.5 Å². The molecule has 0 aliphatic carbocycles. The zero-order chi connectivity index (χ0) is 18.9. The van der Waals surface area contributed by atoms with Crippen molar-refractivity contribution >= 4 is 5.91 Å². The summed E-state index contributed by atoms with van der Waals surface area (Å²) in [4.78, 5) is 21.9. The summed E-state index contributed by atoms with van der Waals surface area (Å²) >= 11 is 0. The Hall–Kier alpha value is -2.48. The molecule has 1 unspecified atom stereocenters. The number of nitrogens with zero attached hydrogens (tertiary/aromatic N) is 3. The Morgan fingerprint density at radius 1 is 1.27 bits per heavy atom. The summed E-state index contributed by atoms with van der Waals surface area (Å²) < 4.78 is 38.5. The molecule has 0 radical (unpaired) electrons. The second-order valence-electron chi connectivity index (χ2n) is 6.43. The first kappa shape index (κ1) is 18.3. The van der Waals surface area contributed by atoms with Crippen molar-refractivity contribution in [3.63, 3.8) is 0 Å². The fourth-order valence-corrected chi connectivity index (χ4v) is 3.09. The van der Waals surface area contributed by atoms with Gasteiger partial charge in [0.05, 0.1) is 12.6 Å². The van der Waals surface area contributed by atoms with E-state index in [-0.39, 0.29) is 30.0 Å². The monoisotopic (exact) mass is 364 g/mol. The molecule has 8 heteroatoms. The van der Waals surface area contributed by atoms with E-state index in [2.05, 4.69) is 15.3 Å². The summed E-state index contributed by atoms with van der Waals surface area (Å²) in [6.45, 7) is 1.97. The lowest BCUT2D eigenvalue weighted by Gasteiger charge is -2.32. The van der Waals surface area contributed by atoms with Crippen molar-refractivity contribution < 1.29 is 18.0 Å². The summed E-state index contributed by atoms with van der Waals surface area (Å²) in [5.41, 5.74) is 1.49. The van der Waals surface area contributed by atoms with E-state index in [1.807, 2.05) is 36.2 Å². The number of hydrogen-bond acceptors (Lipinski definition) is 4. The Balaban J connectivity index is 1.69. The van der Waals surface area contributed by atoms with Crippen LogP contribution in [0.15, 0.2) is 30.3 Å². The fraction of sp³-hybridized carbons (Fsp3) is 0.389. The van der Waals surface area contributed by atoms with Gasteiger partial charge < -0.3 is 5.32 Å². The number of alkyl halides is 3. The third-order valence-electron chi connectivity index (χ3n) is 4.40. The Morgan fingerprint density at radius 3 is 2.65 bits per heavy atom. The van der Waals surface area contributed by atoms with E-state index in [9.17, 15) is 18.0 Å². The van der Waals surface area contributed by atoms with Crippen molar-refractivity contribution in [2.24, 2.45) is 0 Å². The molecule has 3 rings (SSSR count). The van der Waals surface area contributed by atoms with Crippen LogP contribution in [0.25, 0.3) is 0 Å². The average Bonchev–Trinajstić information content (AvgIpc) is 2.58. The number of likely N-dealkylation sites (N-methyl/N-ethyl adjacent to an activating group) is 1. The summed E-state index contributed by atoms with van der Waals surface area (Å²) in [5.74, 6) is -0.301. The molecule has 1 amide bonds. The number of hydrogen-bond donors (Lipinski definition) is 1. The van der Waals surface area contributed by atoms with Crippen LogP contribution < -0.4 is 5.32 Å². The molecule has 0 spiro atoms. The van der Waals surface area contributed by atoms with E-state index in [0.717, 1.165) is 11.6 Å². The third kappa shape index (κ3) is 4.01. The lowest BCUT2D eigenvalue weighted by molar-refractivity contribution is -0.141. The van der Waals surface area contributed by atoms with E-state index < -0.39 is 11.9 Å². The highest BCUT2D eigenvalue weighted by Gasteiger charge is 2.33. The molecule has 0 fully saturated rings. The van der Waals surface area contributed by atoms with Crippen LogP contribution in [0.2, 0.25) is 0 Å². The number of carbonyl (C=O) groups excluding carboxylic acids is 1. The molecule has 1 aromatic carbocycles. The number of fused-ring (bicyclic) bond motifs is 1. The molecule has 2 heterocycles. The molecule has 1 aromatic heterocycles. The van der Waals surface area contributed by atoms with Crippen molar-refractivity contribution in [3.05, 3.63) is 58.7 Å². The first-order chi connectivity index (χ1) is 12.2. The Bertz CT molecular complexity index is 822. The van der Waals surface area contributed by atoms with Gasteiger partial charge in [-0.05, 0) is 37.6 Å². The number of aromatic nitrogens is 2. The third-order valence-corrected chi connectivity index (χ3v) is 4.40. The van der Waals surface area contributed by atoms with Crippen molar-refractivity contribution in [3.8, 4) is 0 Å². The standard InChI is InChI=1S/C18H19F3N4O/c1-11-7-15(18(19,20)21)24-16(23-11)9-22-17(26)14-8-12-5-3-4-6-13(12)10-25(14)2/h3-7,14H,8-10H2,1-2H3,(H,22,26). The fourth-order valence-electron chi connectivity index (χ4n) is 3.09. The van der Waals surface area contributed by atoms with E-state index in [1.54, 1.807) is 0 Å². The number of aryl methyl sites for hydroxylation is 1. The number of benzene rings is 1. The predicted octanol–water partition coefficient (Wildman–Crippen LogP) is 2.48. The molecule has 0 saturated heterocycles. The van der Waals surface area contributed by atoms with Crippen molar-refractivity contribution in [2.75, 3.05) is 7.05 Å². The van der Waals surface area contributed by atoms with Crippen molar-refractivity contribution in [1.29, 1.82) is 0 Å². The Labute approximate surface area is 149 Å². The molecule has 0 bridgehead atoms. The van der Waals surface area contributed by atoms with E-state index >= 15 is 0 Å². The van der Waals surface area contributed by atoms with Gasteiger partial charge in [-0.1, -0.05) is 24.3 Å². The van der Waals surface area contributed by atoms with Gasteiger partial charge in [0.1, 0.15) is 11.5 Å². The van der Waals surface area contributed by atoms with Crippen LogP contribution in [-0.2, 0) is 30.5 Å². The number of carbonyl (C=O) groups is 1. The zero-order valence-electron chi connectivity index (χ0n) is 14.5. The first-order valence-corrected chi connectivity index (χ1v) is 8.20. The summed E-state index contributed by atoms with van der Waals surface area (Å²) in [5, 5.41) is 2.66. The molecule has 1 N–H and O–H groups in total. The smallest absolute Gasteiger partial charge is 0.347 e. The molecular formula is C18H19F3N4O. The minimum Gasteiger partial charge on any atom is -0.347 e. The van der Waals surface area contributed by atoms with Crippen molar-refractivity contribution in [2.45, 2.75) is 38.7 Å². The highest BCUT2D eigenvalue weighted by molar-refractivity contribution is 5.82. The van der Waals surface area contributed by atoms with E-state index in [0.29, 0.717) is 13.0 Å². The topological polar surface area (TPSA) is 58.1 Å². The van der Waals surface area contributed by atoms with Gasteiger partial charge in [0.15, 0.2) is 0 Å². The molecule has 0 saturated carbocycles. The molecule has 138 valence electrons. The highest BCUT2D eigenvalue weighted by Crippen LogP contribution is 2.27. The lowest BCUT2D eigenvalue weighted by Crippen LogP contribution is -2.48. The highest BCUT2D eigenvalue weighted by atomic mass is 19.4. The van der Waals surface area contributed by atoms with Crippen LogP contribution >= 0.6 is 0 Å². The Kier molecular flexibility index (Phi) is 4.95. The van der Waals surface area contributed by atoms with Crippen LogP contribution in [0.3, 0.4) is 0 Å². The second-order valence-corrected chi connectivity index (χ2v) is 6.43. The van der Waals surface area contributed by atoms with E-state index in [4.69, 9.17) is 0 Å². The van der Waals surface area contributed by atoms with Crippen LogP contribution in [0.4, 0.5) is 13.2 Å². The van der Waals surface area contributed by atoms with Crippen LogP contribution in [0.5, 0.6) is 0 Å². The van der Waals surface area contributed by atoms with Gasteiger partial charge in [0.25, 0.3) is 0 Å². The largest absolute Gasteiger partial charge is 0.433 e. The van der Waals surface area contributed by atoms with Gasteiger partial charge in [0.2, 0.25) is 5.91 Å². The SMILES string of the molecule is Cc1cc(C(F)(F)F)nc(CNC(=O)C2Cc3ccccc3CN2C)n1. The van der Waals surface area contributed by atoms with Gasteiger partial charge in [-0.25, -0.2) is 9.97 Å². The molecule has 1 atom stereocenters. The molecule has 2 aromatic rings. The maximum atomic E-state index is 12.8. The van der Waals surface area contributed by atoms with Gasteiger partial charge in [-0.2, -0.15) is 13.2 Å². The first-order valence-electron chi connectivity index (χ1n) is 8.20. The number of nitrogens with one attached hydrogen (secondary N) is 1. The summed E-state index contributed by atoms with van der Waals surface area (Å²) in [7, 11) is 1.85. The Morgan fingerprint density at radius 2 is 1.96 bits per heavy atom.